The van der Waals surface area contributed by atoms with Crippen LogP contribution < -0.4 is 10.0 Å². The van der Waals surface area contributed by atoms with Crippen molar-refractivity contribution in [3.63, 3.8) is 0 Å². The molecule has 23 heavy (non-hydrogen) atoms. The van der Waals surface area contributed by atoms with E-state index < -0.39 is 10.0 Å². The fraction of sp³-hybridized carbons (Fsp3) is 0.312. The van der Waals surface area contributed by atoms with Gasteiger partial charge in [-0.3, -0.25) is 4.79 Å². The molecule has 1 aromatic carbocycles. The number of carbonyl (C=O) groups excluding carboxylic acids is 1. The molecule has 2 N–H and O–H groups in total. The van der Waals surface area contributed by atoms with Gasteiger partial charge in [-0.1, -0.05) is 0 Å². The summed E-state index contributed by atoms with van der Waals surface area (Å²) in [5.74, 6) is 0.687. The number of rotatable bonds is 5. The van der Waals surface area contributed by atoms with Crippen LogP contribution >= 0.6 is 0 Å². The maximum Gasteiger partial charge on any atom is 0.240 e. The fourth-order valence-corrected chi connectivity index (χ4v) is 3.93. The topological polar surface area (TPSA) is 88.4 Å². The van der Waals surface area contributed by atoms with Crippen LogP contribution in [-0.2, 0) is 27.7 Å². The smallest absolute Gasteiger partial charge is 0.240 e. The first-order chi connectivity index (χ1) is 10.9. The highest BCUT2D eigenvalue weighted by atomic mass is 32.2. The average Bonchev–Trinajstić information content (AvgIpc) is 2.98. The van der Waals surface area contributed by atoms with Crippen LogP contribution in [0.2, 0.25) is 0 Å². The summed E-state index contributed by atoms with van der Waals surface area (Å²) in [7, 11) is -3.61. The Morgan fingerprint density at radius 2 is 2.13 bits per heavy atom. The van der Waals surface area contributed by atoms with E-state index in [2.05, 4.69) is 10.0 Å². The summed E-state index contributed by atoms with van der Waals surface area (Å²) < 4.78 is 32.9. The largest absolute Gasteiger partial charge is 0.469 e. The normalized spacial score (nSPS) is 15.8. The minimum absolute atomic E-state index is 0.0432. The van der Waals surface area contributed by atoms with Crippen LogP contribution in [0.1, 0.15) is 24.7 Å². The number of anilines is 1. The Morgan fingerprint density at radius 3 is 2.87 bits per heavy atom. The molecule has 0 unspecified atom stereocenters. The fourth-order valence-electron chi connectivity index (χ4n) is 2.63. The highest BCUT2D eigenvalue weighted by Crippen LogP contribution is 2.25. The first-order valence-electron chi connectivity index (χ1n) is 7.41. The van der Waals surface area contributed by atoms with Gasteiger partial charge in [0.15, 0.2) is 0 Å². The number of sulfonamides is 1. The zero-order chi connectivity index (χ0) is 16.4. The van der Waals surface area contributed by atoms with Gasteiger partial charge in [0.25, 0.3) is 0 Å². The summed E-state index contributed by atoms with van der Waals surface area (Å²) in [4.78, 5) is 11.6. The summed E-state index contributed by atoms with van der Waals surface area (Å²) >= 11 is 0. The van der Waals surface area contributed by atoms with E-state index in [-0.39, 0.29) is 16.8 Å². The predicted octanol–water partition coefficient (Wildman–Crippen LogP) is 2.07. The third-order valence-corrected chi connectivity index (χ3v) is 5.31. The van der Waals surface area contributed by atoms with Crippen molar-refractivity contribution in [3.05, 3.63) is 47.9 Å². The lowest BCUT2D eigenvalue weighted by Crippen LogP contribution is -2.34. The van der Waals surface area contributed by atoms with Gasteiger partial charge in [0.2, 0.25) is 15.9 Å². The molecule has 1 aromatic heterocycles. The van der Waals surface area contributed by atoms with Gasteiger partial charge in [0.05, 0.1) is 11.2 Å². The highest BCUT2D eigenvalue weighted by Gasteiger charge is 2.21. The van der Waals surface area contributed by atoms with Crippen molar-refractivity contribution in [3.8, 4) is 0 Å². The van der Waals surface area contributed by atoms with Crippen LogP contribution in [0.25, 0.3) is 0 Å². The lowest BCUT2D eigenvalue weighted by atomic mass is 10.0. The lowest BCUT2D eigenvalue weighted by molar-refractivity contribution is -0.116. The lowest BCUT2D eigenvalue weighted by Gasteiger charge is -2.18. The molecule has 1 atom stereocenters. The maximum absolute atomic E-state index is 12.5. The number of carbonyl (C=O) groups is 1. The van der Waals surface area contributed by atoms with Crippen LogP contribution in [0.4, 0.5) is 5.69 Å². The SMILES string of the molecule is C[C@@H](Cc1ccco1)NS(=O)(=O)c1ccc2c(c1)CCC(=O)N2. The number of benzene rings is 1. The quantitative estimate of drug-likeness (QED) is 0.876. The Hall–Kier alpha value is -2.12. The molecule has 0 radical (unpaired) electrons. The third-order valence-electron chi connectivity index (χ3n) is 3.73. The van der Waals surface area contributed by atoms with Crippen molar-refractivity contribution >= 4 is 21.6 Å². The molecule has 0 fully saturated rings. The zero-order valence-electron chi connectivity index (χ0n) is 12.7. The number of hydrogen-bond donors (Lipinski definition) is 2. The first kappa shape index (κ1) is 15.8. The van der Waals surface area contributed by atoms with Crippen molar-refractivity contribution in [2.45, 2.75) is 37.1 Å². The minimum Gasteiger partial charge on any atom is -0.469 e. The second-order valence-electron chi connectivity index (χ2n) is 5.67. The van der Waals surface area contributed by atoms with Crippen molar-refractivity contribution in [2.24, 2.45) is 0 Å². The molecule has 3 rings (SSSR count). The number of nitrogens with one attached hydrogen (secondary N) is 2. The summed E-state index contributed by atoms with van der Waals surface area (Å²) in [6.07, 6.45) is 2.97. The van der Waals surface area contributed by atoms with Crippen molar-refractivity contribution in [2.75, 3.05) is 5.32 Å². The van der Waals surface area contributed by atoms with Crippen LogP contribution in [0.3, 0.4) is 0 Å². The van der Waals surface area contributed by atoms with E-state index in [0.717, 1.165) is 11.3 Å². The Bertz CT molecular complexity index is 813. The van der Waals surface area contributed by atoms with Crippen LogP contribution in [0.15, 0.2) is 45.9 Å². The summed E-state index contributed by atoms with van der Waals surface area (Å²) in [6, 6.07) is 8.06. The molecule has 0 saturated heterocycles. The monoisotopic (exact) mass is 334 g/mol. The van der Waals surface area contributed by atoms with Gasteiger partial charge in [0.1, 0.15) is 5.76 Å². The van der Waals surface area contributed by atoms with Crippen molar-refractivity contribution in [1.29, 1.82) is 0 Å². The predicted molar refractivity (Wildman–Crippen MR) is 85.6 cm³/mol. The van der Waals surface area contributed by atoms with Crippen molar-refractivity contribution in [1.82, 2.24) is 4.72 Å². The Kier molecular flexibility index (Phi) is 4.23. The molecule has 0 aliphatic carbocycles. The van der Waals surface area contributed by atoms with Gasteiger partial charge in [-0.25, -0.2) is 13.1 Å². The number of furan rings is 1. The van der Waals surface area contributed by atoms with E-state index in [9.17, 15) is 13.2 Å². The van der Waals surface area contributed by atoms with E-state index >= 15 is 0 Å². The van der Waals surface area contributed by atoms with Crippen molar-refractivity contribution < 1.29 is 17.6 Å². The molecule has 2 heterocycles. The first-order valence-corrected chi connectivity index (χ1v) is 8.90. The molecule has 0 saturated carbocycles. The highest BCUT2D eigenvalue weighted by molar-refractivity contribution is 7.89. The molecule has 0 spiro atoms. The molecule has 6 nitrogen and oxygen atoms in total. The summed E-state index contributed by atoms with van der Waals surface area (Å²) in [5, 5.41) is 2.74. The molecule has 1 amide bonds. The summed E-state index contributed by atoms with van der Waals surface area (Å²) in [5.41, 5.74) is 1.52. The van der Waals surface area contributed by atoms with E-state index in [0.29, 0.717) is 24.9 Å². The second kappa shape index (κ2) is 6.17. The van der Waals surface area contributed by atoms with E-state index in [4.69, 9.17) is 4.42 Å². The molecular weight excluding hydrogens is 316 g/mol. The average molecular weight is 334 g/mol. The zero-order valence-corrected chi connectivity index (χ0v) is 13.5. The minimum atomic E-state index is -3.61. The molecule has 2 aromatic rings. The van der Waals surface area contributed by atoms with Crippen LogP contribution in [-0.4, -0.2) is 20.4 Å². The number of hydrogen-bond acceptors (Lipinski definition) is 4. The molecule has 0 bridgehead atoms. The van der Waals surface area contributed by atoms with Crippen LogP contribution in [0, 0.1) is 0 Å². The second-order valence-corrected chi connectivity index (χ2v) is 7.39. The van der Waals surface area contributed by atoms with Gasteiger partial charge < -0.3 is 9.73 Å². The number of amides is 1. The molecular formula is C16H18N2O4S. The standard InChI is InChI=1S/C16H18N2O4S/c1-11(9-13-3-2-8-22-13)18-23(20,21)14-5-6-15-12(10-14)4-7-16(19)17-15/h2-3,5-6,8,10-11,18H,4,7,9H2,1H3,(H,17,19)/t11-/m0/s1. The Labute approximate surface area is 134 Å². The van der Waals surface area contributed by atoms with Gasteiger partial charge in [-0.05, 0) is 49.2 Å². The molecule has 7 heteroatoms. The van der Waals surface area contributed by atoms with Gasteiger partial charge in [-0.15, -0.1) is 0 Å². The van der Waals surface area contributed by atoms with E-state index in [1.807, 2.05) is 6.07 Å². The summed E-state index contributed by atoms with van der Waals surface area (Å²) in [6.45, 7) is 1.79. The van der Waals surface area contributed by atoms with Gasteiger partial charge in [0, 0.05) is 24.6 Å². The van der Waals surface area contributed by atoms with Gasteiger partial charge in [-0.2, -0.15) is 0 Å². The molecule has 1 aliphatic heterocycles. The third kappa shape index (κ3) is 3.62. The van der Waals surface area contributed by atoms with E-state index in [1.54, 1.807) is 31.4 Å². The number of fused-ring (bicyclic) bond motifs is 1. The number of aryl methyl sites for hydroxylation is 1. The van der Waals surface area contributed by atoms with E-state index in [1.165, 1.54) is 6.07 Å². The Balaban J connectivity index is 1.75. The molecule has 1 aliphatic rings. The molecule has 122 valence electrons. The van der Waals surface area contributed by atoms with Crippen LogP contribution in [0.5, 0.6) is 0 Å². The maximum atomic E-state index is 12.5. The van der Waals surface area contributed by atoms with Gasteiger partial charge >= 0.3 is 0 Å². The Morgan fingerprint density at radius 1 is 1.30 bits per heavy atom.